The van der Waals surface area contributed by atoms with Crippen LogP contribution in [0.25, 0.3) is 5.69 Å². The molecule has 122 valence electrons. The number of anilines is 1. The monoisotopic (exact) mass is 376 g/mol. The molecule has 2 aromatic carbocycles. The highest BCUT2D eigenvalue weighted by Crippen LogP contribution is 2.25. The second-order valence-corrected chi connectivity index (χ2v) is 6.30. The van der Waals surface area contributed by atoms with E-state index in [9.17, 15) is 0 Å². The Morgan fingerprint density at radius 2 is 1.92 bits per heavy atom. The van der Waals surface area contributed by atoms with E-state index in [0.717, 1.165) is 11.3 Å². The van der Waals surface area contributed by atoms with E-state index in [0.29, 0.717) is 27.4 Å². The van der Waals surface area contributed by atoms with E-state index in [4.69, 9.17) is 35.4 Å². The van der Waals surface area contributed by atoms with Crippen LogP contribution in [0.15, 0.2) is 60.9 Å². The quantitative estimate of drug-likeness (QED) is 0.649. The van der Waals surface area contributed by atoms with Crippen molar-refractivity contribution in [1.29, 1.82) is 0 Å². The van der Waals surface area contributed by atoms with Gasteiger partial charge in [-0.1, -0.05) is 35.3 Å². The SMILES string of the molecule is S=C(NCc1ccc(-n2cccn2)cc1)Nc1ccc(Cl)cc1Cl. The molecule has 0 bridgehead atoms. The minimum Gasteiger partial charge on any atom is -0.358 e. The summed E-state index contributed by atoms with van der Waals surface area (Å²) in [5, 5.41) is 12.0. The zero-order chi connectivity index (χ0) is 16.9. The van der Waals surface area contributed by atoms with E-state index in [1.54, 1.807) is 24.4 Å². The van der Waals surface area contributed by atoms with Gasteiger partial charge < -0.3 is 10.6 Å². The number of halogens is 2. The number of thiocarbonyl (C=S) groups is 1. The van der Waals surface area contributed by atoms with Crippen molar-refractivity contribution in [2.75, 3.05) is 5.32 Å². The van der Waals surface area contributed by atoms with Crippen LogP contribution in [-0.2, 0) is 6.54 Å². The third-order valence-electron chi connectivity index (χ3n) is 3.34. The molecule has 24 heavy (non-hydrogen) atoms. The number of nitrogens with zero attached hydrogens (tertiary/aromatic N) is 2. The molecular weight excluding hydrogens is 363 g/mol. The molecule has 3 aromatic rings. The lowest BCUT2D eigenvalue weighted by Crippen LogP contribution is -2.28. The Bertz CT molecular complexity index is 832. The van der Waals surface area contributed by atoms with Gasteiger partial charge in [0.1, 0.15) is 0 Å². The fourth-order valence-corrected chi connectivity index (χ4v) is 2.77. The number of hydrogen-bond donors (Lipinski definition) is 2. The van der Waals surface area contributed by atoms with E-state index in [2.05, 4.69) is 15.7 Å². The molecule has 0 radical (unpaired) electrons. The second kappa shape index (κ2) is 7.66. The lowest BCUT2D eigenvalue weighted by atomic mass is 10.2. The van der Waals surface area contributed by atoms with Gasteiger partial charge in [-0.3, -0.25) is 0 Å². The zero-order valence-electron chi connectivity index (χ0n) is 12.5. The van der Waals surface area contributed by atoms with Crippen molar-refractivity contribution >= 4 is 46.2 Å². The molecule has 1 heterocycles. The third-order valence-corrected chi connectivity index (χ3v) is 4.13. The van der Waals surface area contributed by atoms with Crippen molar-refractivity contribution in [3.05, 3.63) is 76.5 Å². The summed E-state index contributed by atoms with van der Waals surface area (Å²) in [5.74, 6) is 0. The maximum absolute atomic E-state index is 6.11. The first kappa shape index (κ1) is 16.8. The summed E-state index contributed by atoms with van der Waals surface area (Å²) in [6.45, 7) is 0.608. The van der Waals surface area contributed by atoms with Gasteiger partial charge in [0.05, 0.1) is 16.4 Å². The van der Waals surface area contributed by atoms with Gasteiger partial charge in [0.2, 0.25) is 0 Å². The Morgan fingerprint density at radius 3 is 2.58 bits per heavy atom. The Hall–Kier alpha value is -2.08. The van der Waals surface area contributed by atoms with Crippen LogP contribution < -0.4 is 10.6 Å². The average Bonchev–Trinajstić information content (AvgIpc) is 3.11. The molecule has 7 heteroatoms. The molecule has 0 amide bonds. The van der Waals surface area contributed by atoms with E-state index in [1.807, 2.05) is 41.2 Å². The number of nitrogens with one attached hydrogen (secondary N) is 2. The lowest BCUT2D eigenvalue weighted by Gasteiger charge is -2.12. The van der Waals surface area contributed by atoms with Gasteiger partial charge in [-0.25, -0.2) is 4.68 Å². The highest BCUT2D eigenvalue weighted by molar-refractivity contribution is 7.80. The molecule has 0 atom stereocenters. The molecule has 0 fully saturated rings. The fourth-order valence-electron chi connectivity index (χ4n) is 2.13. The molecule has 0 spiro atoms. The minimum absolute atomic E-state index is 0.496. The second-order valence-electron chi connectivity index (χ2n) is 5.05. The molecule has 3 rings (SSSR count). The van der Waals surface area contributed by atoms with E-state index in [-0.39, 0.29) is 0 Å². The molecule has 0 aliphatic heterocycles. The summed E-state index contributed by atoms with van der Waals surface area (Å²) < 4.78 is 1.81. The first-order chi connectivity index (χ1) is 11.6. The average molecular weight is 377 g/mol. The maximum Gasteiger partial charge on any atom is 0.171 e. The summed E-state index contributed by atoms with van der Waals surface area (Å²) >= 11 is 17.3. The van der Waals surface area contributed by atoms with Crippen LogP contribution in [0.5, 0.6) is 0 Å². The predicted octanol–water partition coefficient (Wildman–Crippen LogP) is 4.67. The highest BCUT2D eigenvalue weighted by Gasteiger charge is 2.04. The topological polar surface area (TPSA) is 41.9 Å². The van der Waals surface area contributed by atoms with Crippen molar-refractivity contribution in [3.8, 4) is 5.69 Å². The lowest BCUT2D eigenvalue weighted by molar-refractivity contribution is 0.874. The minimum atomic E-state index is 0.496. The van der Waals surface area contributed by atoms with Gasteiger partial charge in [0.25, 0.3) is 0 Å². The molecule has 4 nitrogen and oxygen atoms in total. The summed E-state index contributed by atoms with van der Waals surface area (Å²) in [6.07, 6.45) is 3.66. The zero-order valence-corrected chi connectivity index (χ0v) is 14.9. The summed E-state index contributed by atoms with van der Waals surface area (Å²) in [7, 11) is 0. The fraction of sp³-hybridized carbons (Fsp3) is 0.0588. The molecule has 0 aliphatic rings. The van der Waals surface area contributed by atoms with Gasteiger partial charge in [-0.05, 0) is 54.2 Å². The van der Waals surface area contributed by atoms with Gasteiger partial charge in [-0.2, -0.15) is 5.10 Å². The van der Waals surface area contributed by atoms with E-state index in [1.165, 1.54) is 0 Å². The maximum atomic E-state index is 6.11. The molecular formula is C17H14Cl2N4S. The Morgan fingerprint density at radius 1 is 1.12 bits per heavy atom. The normalized spacial score (nSPS) is 10.4. The van der Waals surface area contributed by atoms with Crippen molar-refractivity contribution in [3.63, 3.8) is 0 Å². The molecule has 1 aromatic heterocycles. The van der Waals surface area contributed by atoms with Crippen LogP contribution in [-0.4, -0.2) is 14.9 Å². The van der Waals surface area contributed by atoms with E-state index >= 15 is 0 Å². The van der Waals surface area contributed by atoms with Crippen LogP contribution in [0.2, 0.25) is 10.0 Å². The molecule has 0 saturated carbocycles. The van der Waals surface area contributed by atoms with Gasteiger partial charge in [0, 0.05) is 24.0 Å². The number of aromatic nitrogens is 2. The number of hydrogen-bond acceptors (Lipinski definition) is 2. The largest absolute Gasteiger partial charge is 0.358 e. The Labute approximate surface area is 155 Å². The molecule has 0 saturated heterocycles. The van der Waals surface area contributed by atoms with Crippen LogP contribution in [0.4, 0.5) is 5.69 Å². The van der Waals surface area contributed by atoms with E-state index < -0.39 is 0 Å². The summed E-state index contributed by atoms with van der Waals surface area (Å²) in [4.78, 5) is 0. The van der Waals surface area contributed by atoms with Crippen molar-refractivity contribution in [2.24, 2.45) is 0 Å². The van der Waals surface area contributed by atoms with Gasteiger partial charge in [-0.15, -0.1) is 0 Å². The number of benzene rings is 2. The summed E-state index contributed by atoms with van der Waals surface area (Å²) in [6, 6.07) is 15.2. The predicted molar refractivity (Wildman–Crippen MR) is 103 cm³/mol. The van der Waals surface area contributed by atoms with Gasteiger partial charge in [0.15, 0.2) is 5.11 Å². The first-order valence-electron chi connectivity index (χ1n) is 7.21. The van der Waals surface area contributed by atoms with Crippen LogP contribution in [0.3, 0.4) is 0 Å². The first-order valence-corrected chi connectivity index (χ1v) is 8.37. The van der Waals surface area contributed by atoms with Crippen LogP contribution in [0, 0.1) is 0 Å². The molecule has 0 aliphatic carbocycles. The van der Waals surface area contributed by atoms with Crippen molar-refractivity contribution in [1.82, 2.24) is 15.1 Å². The van der Waals surface area contributed by atoms with Crippen LogP contribution >= 0.6 is 35.4 Å². The highest BCUT2D eigenvalue weighted by atomic mass is 35.5. The third kappa shape index (κ3) is 4.26. The number of rotatable bonds is 4. The van der Waals surface area contributed by atoms with Crippen molar-refractivity contribution < 1.29 is 0 Å². The van der Waals surface area contributed by atoms with Gasteiger partial charge >= 0.3 is 0 Å². The summed E-state index contributed by atoms with van der Waals surface area (Å²) in [5.41, 5.74) is 2.84. The molecule has 0 unspecified atom stereocenters. The Kier molecular flexibility index (Phi) is 5.35. The van der Waals surface area contributed by atoms with Crippen LogP contribution in [0.1, 0.15) is 5.56 Å². The smallest absolute Gasteiger partial charge is 0.171 e. The molecule has 2 N–H and O–H groups in total. The Balaban J connectivity index is 1.56. The standard InChI is InChI=1S/C17H14Cl2N4S/c18-13-4-7-16(15(19)10-13)22-17(24)20-11-12-2-5-14(6-3-12)23-9-1-8-21-23/h1-10H,11H2,(H2,20,22,24). The van der Waals surface area contributed by atoms with Crippen molar-refractivity contribution in [2.45, 2.75) is 6.54 Å².